The number of aromatic nitrogens is 1. The third kappa shape index (κ3) is 3.93. The van der Waals surface area contributed by atoms with E-state index in [2.05, 4.69) is 61.1 Å². The SMILES string of the molecule is CCCc1nc(-c2cc(C)c(Br)c(C)c2)sc1CNCC. The lowest BCUT2D eigenvalue weighted by molar-refractivity contribution is 0.723. The van der Waals surface area contributed by atoms with Gasteiger partial charge in [0.25, 0.3) is 0 Å². The summed E-state index contributed by atoms with van der Waals surface area (Å²) in [5, 5.41) is 4.57. The van der Waals surface area contributed by atoms with Crippen LogP contribution < -0.4 is 5.32 Å². The van der Waals surface area contributed by atoms with E-state index in [1.807, 2.05) is 11.3 Å². The Labute approximate surface area is 140 Å². The van der Waals surface area contributed by atoms with Gasteiger partial charge >= 0.3 is 0 Å². The molecule has 21 heavy (non-hydrogen) atoms. The maximum atomic E-state index is 4.90. The van der Waals surface area contributed by atoms with E-state index in [4.69, 9.17) is 4.98 Å². The van der Waals surface area contributed by atoms with Crippen molar-refractivity contribution in [1.29, 1.82) is 0 Å². The monoisotopic (exact) mass is 366 g/mol. The molecule has 0 aliphatic carbocycles. The lowest BCUT2D eigenvalue weighted by Crippen LogP contribution is -2.11. The number of aryl methyl sites for hydroxylation is 3. The molecule has 2 nitrogen and oxygen atoms in total. The summed E-state index contributed by atoms with van der Waals surface area (Å²) in [6.45, 7) is 10.6. The van der Waals surface area contributed by atoms with Crippen LogP contribution in [0.2, 0.25) is 0 Å². The summed E-state index contributed by atoms with van der Waals surface area (Å²) in [7, 11) is 0. The lowest BCUT2D eigenvalue weighted by atomic mass is 10.1. The largest absolute Gasteiger partial charge is 0.312 e. The molecule has 1 heterocycles. The fraction of sp³-hybridized carbons (Fsp3) is 0.471. The van der Waals surface area contributed by atoms with Crippen LogP contribution in [0.15, 0.2) is 16.6 Å². The van der Waals surface area contributed by atoms with Gasteiger partial charge in [0.2, 0.25) is 0 Å². The molecule has 0 fully saturated rings. The number of hydrogen-bond donors (Lipinski definition) is 1. The fourth-order valence-corrected chi connectivity index (χ4v) is 3.68. The third-order valence-electron chi connectivity index (χ3n) is 3.48. The van der Waals surface area contributed by atoms with E-state index in [0.717, 1.165) is 30.9 Å². The smallest absolute Gasteiger partial charge is 0.123 e. The number of rotatable bonds is 6. The Hall–Kier alpha value is -0.710. The van der Waals surface area contributed by atoms with Crippen molar-refractivity contribution in [1.82, 2.24) is 10.3 Å². The first-order valence-corrected chi connectivity index (χ1v) is 9.14. The highest BCUT2D eigenvalue weighted by atomic mass is 79.9. The van der Waals surface area contributed by atoms with Crippen LogP contribution in [-0.4, -0.2) is 11.5 Å². The molecule has 0 aliphatic rings. The van der Waals surface area contributed by atoms with Crippen molar-refractivity contribution in [2.45, 2.75) is 47.1 Å². The Morgan fingerprint density at radius 3 is 2.43 bits per heavy atom. The van der Waals surface area contributed by atoms with Crippen molar-refractivity contribution in [3.05, 3.63) is 38.3 Å². The average molecular weight is 367 g/mol. The van der Waals surface area contributed by atoms with Gasteiger partial charge in [0, 0.05) is 21.5 Å². The van der Waals surface area contributed by atoms with Gasteiger partial charge < -0.3 is 5.32 Å². The summed E-state index contributed by atoms with van der Waals surface area (Å²) in [5.41, 5.74) is 5.03. The van der Waals surface area contributed by atoms with Crippen LogP contribution >= 0.6 is 27.3 Å². The zero-order chi connectivity index (χ0) is 15.4. The molecule has 1 aromatic heterocycles. The minimum Gasteiger partial charge on any atom is -0.312 e. The molecule has 0 radical (unpaired) electrons. The maximum absolute atomic E-state index is 4.90. The predicted octanol–water partition coefficient (Wildman–Crippen LogP) is 5.25. The van der Waals surface area contributed by atoms with Crippen LogP contribution in [0.1, 0.15) is 42.0 Å². The summed E-state index contributed by atoms with van der Waals surface area (Å²) in [6, 6.07) is 4.45. The molecule has 1 N–H and O–H groups in total. The van der Waals surface area contributed by atoms with Crippen molar-refractivity contribution in [2.75, 3.05) is 6.54 Å². The quantitative estimate of drug-likeness (QED) is 0.754. The average Bonchev–Trinajstić information content (AvgIpc) is 2.85. The summed E-state index contributed by atoms with van der Waals surface area (Å²) < 4.78 is 1.20. The van der Waals surface area contributed by atoms with Gasteiger partial charge in [-0.1, -0.05) is 36.2 Å². The molecular formula is C17H23BrN2S. The van der Waals surface area contributed by atoms with Gasteiger partial charge in [-0.15, -0.1) is 11.3 Å². The van der Waals surface area contributed by atoms with E-state index < -0.39 is 0 Å². The second-order valence-corrected chi connectivity index (χ2v) is 7.22. The molecule has 0 saturated heterocycles. The molecule has 0 saturated carbocycles. The topological polar surface area (TPSA) is 24.9 Å². The zero-order valence-corrected chi connectivity index (χ0v) is 15.6. The van der Waals surface area contributed by atoms with E-state index in [1.165, 1.54) is 31.7 Å². The molecule has 2 aromatic rings. The van der Waals surface area contributed by atoms with Crippen LogP contribution in [-0.2, 0) is 13.0 Å². The maximum Gasteiger partial charge on any atom is 0.123 e. The number of hydrogen-bond acceptors (Lipinski definition) is 3. The summed E-state index contributed by atoms with van der Waals surface area (Å²) in [5.74, 6) is 0. The number of nitrogens with zero attached hydrogens (tertiary/aromatic N) is 1. The second-order valence-electron chi connectivity index (χ2n) is 5.34. The molecule has 0 aliphatic heterocycles. The van der Waals surface area contributed by atoms with E-state index in [0.29, 0.717) is 0 Å². The highest BCUT2D eigenvalue weighted by Crippen LogP contribution is 2.33. The second kappa shape index (κ2) is 7.52. The minimum absolute atomic E-state index is 0.929. The molecule has 0 amide bonds. The van der Waals surface area contributed by atoms with Crippen LogP contribution in [0.25, 0.3) is 10.6 Å². The van der Waals surface area contributed by atoms with Gasteiger partial charge in [0.05, 0.1) is 5.69 Å². The van der Waals surface area contributed by atoms with Gasteiger partial charge in [-0.25, -0.2) is 4.98 Å². The van der Waals surface area contributed by atoms with Gasteiger partial charge in [-0.3, -0.25) is 0 Å². The van der Waals surface area contributed by atoms with E-state index in [-0.39, 0.29) is 0 Å². The Balaban J connectivity index is 2.39. The van der Waals surface area contributed by atoms with Crippen LogP contribution in [0.4, 0.5) is 0 Å². The van der Waals surface area contributed by atoms with Gasteiger partial charge in [-0.05, 0) is 50.1 Å². The number of nitrogens with one attached hydrogen (secondary N) is 1. The van der Waals surface area contributed by atoms with Crippen molar-refractivity contribution < 1.29 is 0 Å². The number of halogens is 1. The Morgan fingerprint density at radius 1 is 1.19 bits per heavy atom. The standard InChI is InChI=1S/C17H23BrN2S/c1-5-7-14-15(10-19-6-2)21-17(20-14)13-8-11(3)16(18)12(4)9-13/h8-9,19H,5-7,10H2,1-4H3. The summed E-state index contributed by atoms with van der Waals surface area (Å²) in [6.07, 6.45) is 2.20. The Kier molecular flexibility index (Phi) is 5.97. The van der Waals surface area contributed by atoms with Gasteiger partial charge in [0.1, 0.15) is 5.01 Å². The van der Waals surface area contributed by atoms with Crippen molar-refractivity contribution >= 4 is 27.3 Å². The molecule has 0 unspecified atom stereocenters. The molecular weight excluding hydrogens is 344 g/mol. The first-order chi connectivity index (χ1) is 10.1. The Morgan fingerprint density at radius 2 is 1.86 bits per heavy atom. The summed E-state index contributed by atoms with van der Waals surface area (Å²) in [4.78, 5) is 6.28. The van der Waals surface area contributed by atoms with Crippen LogP contribution in [0.3, 0.4) is 0 Å². The molecule has 4 heteroatoms. The highest BCUT2D eigenvalue weighted by Gasteiger charge is 2.13. The van der Waals surface area contributed by atoms with Crippen molar-refractivity contribution in [3.8, 4) is 10.6 Å². The van der Waals surface area contributed by atoms with Gasteiger partial charge in [0.15, 0.2) is 0 Å². The lowest BCUT2D eigenvalue weighted by Gasteiger charge is -2.05. The number of benzene rings is 1. The normalized spacial score (nSPS) is 11.1. The van der Waals surface area contributed by atoms with Crippen LogP contribution in [0.5, 0.6) is 0 Å². The van der Waals surface area contributed by atoms with E-state index >= 15 is 0 Å². The van der Waals surface area contributed by atoms with Crippen LogP contribution in [0, 0.1) is 13.8 Å². The number of thiazole rings is 1. The fourth-order valence-electron chi connectivity index (χ4n) is 2.38. The summed E-state index contributed by atoms with van der Waals surface area (Å²) >= 11 is 5.46. The minimum atomic E-state index is 0.929. The van der Waals surface area contributed by atoms with E-state index in [1.54, 1.807) is 0 Å². The zero-order valence-electron chi connectivity index (χ0n) is 13.2. The molecule has 2 rings (SSSR count). The molecule has 0 atom stereocenters. The Bertz CT molecular complexity index is 596. The van der Waals surface area contributed by atoms with Crippen molar-refractivity contribution in [2.24, 2.45) is 0 Å². The molecule has 0 bridgehead atoms. The predicted molar refractivity (Wildman–Crippen MR) is 96.1 cm³/mol. The molecule has 0 spiro atoms. The van der Waals surface area contributed by atoms with E-state index in [9.17, 15) is 0 Å². The first kappa shape index (κ1) is 16.7. The highest BCUT2D eigenvalue weighted by molar-refractivity contribution is 9.10. The molecule has 114 valence electrons. The van der Waals surface area contributed by atoms with Gasteiger partial charge in [-0.2, -0.15) is 0 Å². The first-order valence-electron chi connectivity index (χ1n) is 7.53. The third-order valence-corrected chi connectivity index (χ3v) is 5.88. The molecule has 1 aromatic carbocycles. The van der Waals surface area contributed by atoms with Crippen molar-refractivity contribution in [3.63, 3.8) is 0 Å².